The maximum Gasteiger partial charge on any atom is 0.266 e. The number of rotatable bonds is 6. The molecular weight excluding hydrogens is 392 g/mol. The predicted octanol–water partition coefficient (Wildman–Crippen LogP) is 3.62. The molecule has 0 fully saturated rings. The highest BCUT2D eigenvalue weighted by Crippen LogP contribution is 2.26. The molecule has 8 heteroatoms. The van der Waals surface area contributed by atoms with Gasteiger partial charge in [-0.25, -0.2) is 9.67 Å². The van der Waals surface area contributed by atoms with Crippen LogP contribution in [0.15, 0.2) is 88.2 Å². The lowest BCUT2D eigenvalue weighted by molar-refractivity contribution is 0.598. The Labute approximate surface area is 177 Å². The summed E-state index contributed by atoms with van der Waals surface area (Å²) in [6.45, 7) is 0.772. The Hall–Kier alpha value is -4.33. The number of anilines is 1. The van der Waals surface area contributed by atoms with Crippen molar-refractivity contribution in [3.63, 3.8) is 0 Å². The van der Waals surface area contributed by atoms with Gasteiger partial charge in [-0.3, -0.25) is 4.79 Å². The third kappa shape index (κ3) is 4.04. The van der Waals surface area contributed by atoms with Crippen molar-refractivity contribution in [1.29, 1.82) is 0 Å². The van der Waals surface area contributed by atoms with E-state index in [1.54, 1.807) is 12.3 Å². The minimum Gasteiger partial charge on any atom is -0.454 e. The summed E-state index contributed by atoms with van der Waals surface area (Å²) < 4.78 is 7.26. The first-order valence-electron chi connectivity index (χ1n) is 9.82. The number of benzene rings is 2. The van der Waals surface area contributed by atoms with Crippen LogP contribution in [-0.4, -0.2) is 31.5 Å². The van der Waals surface area contributed by atoms with Crippen molar-refractivity contribution < 1.29 is 4.42 Å². The number of aromatic nitrogens is 5. The molecule has 0 radical (unpaired) electrons. The number of nitrogens with one attached hydrogen (secondary N) is 1. The van der Waals surface area contributed by atoms with Crippen LogP contribution in [0.5, 0.6) is 0 Å². The Morgan fingerprint density at radius 2 is 1.77 bits per heavy atom. The molecule has 0 aliphatic rings. The summed E-state index contributed by atoms with van der Waals surface area (Å²) >= 11 is 0. The van der Waals surface area contributed by atoms with Crippen molar-refractivity contribution >= 4 is 16.9 Å². The molecule has 0 atom stereocenters. The third-order valence-electron chi connectivity index (χ3n) is 4.78. The number of furan rings is 1. The summed E-state index contributed by atoms with van der Waals surface area (Å²) in [5.41, 5.74) is 2.89. The van der Waals surface area contributed by atoms with Gasteiger partial charge in [0.15, 0.2) is 5.76 Å². The normalized spacial score (nSPS) is 11.0. The van der Waals surface area contributed by atoms with E-state index in [0.717, 1.165) is 22.2 Å². The van der Waals surface area contributed by atoms with E-state index in [4.69, 9.17) is 4.42 Å². The molecular formula is C23H18N6O2. The molecule has 5 aromatic rings. The van der Waals surface area contributed by atoms with Crippen LogP contribution in [0.25, 0.3) is 33.7 Å². The van der Waals surface area contributed by atoms with Crippen LogP contribution in [0.1, 0.15) is 0 Å². The molecule has 5 rings (SSSR count). The molecule has 31 heavy (non-hydrogen) atoms. The molecule has 0 aliphatic heterocycles. The molecule has 0 unspecified atom stereocenters. The lowest BCUT2D eigenvalue weighted by atomic mass is 10.1. The lowest BCUT2D eigenvalue weighted by Crippen LogP contribution is -2.26. The minimum atomic E-state index is -0.170. The Morgan fingerprint density at radius 1 is 0.935 bits per heavy atom. The van der Waals surface area contributed by atoms with Gasteiger partial charge in [-0.2, -0.15) is 10.2 Å². The molecule has 3 heterocycles. The predicted molar refractivity (Wildman–Crippen MR) is 117 cm³/mol. The summed E-state index contributed by atoms with van der Waals surface area (Å²) in [5, 5.41) is 16.6. The Balaban J connectivity index is 1.30. The first kappa shape index (κ1) is 18.7. The molecule has 152 valence electrons. The van der Waals surface area contributed by atoms with Gasteiger partial charge >= 0.3 is 0 Å². The van der Waals surface area contributed by atoms with Crippen LogP contribution in [-0.2, 0) is 6.54 Å². The molecule has 0 saturated heterocycles. The number of hydrogen-bond donors (Lipinski definition) is 1. The fraction of sp³-hybridized carbons (Fsp3) is 0.0870. The summed E-state index contributed by atoms with van der Waals surface area (Å²) in [6, 6.07) is 22.7. The minimum absolute atomic E-state index is 0.170. The van der Waals surface area contributed by atoms with Gasteiger partial charge in [0.1, 0.15) is 11.3 Å². The van der Waals surface area contributed by atoms with Crippen LogP contribution >= 0.6 is 0 Å². The molecule has 8 nitrogen and oxygen atoms in total. The Kier molecular flexibility index (Phi) is 4.94. The van der Waals surface area contributed by atoms with E-state index in [1.165, 1.54) is 10.7 Å². The summed E-state index contributed by atoms with van der Waals surface area (Å²) in [6.07, 6.45) is 1.55. The first-order valence-corrected chi connectivity index (χ1v) is 9.82. The molecule has 0 amide bonds. The van der Waals surface area contributed by atoms with E-state index in [-0.39, 0.29) is 5.56 Å². The highest BCUT2D eigenvalue weighted by molar-refractivity contribution is 5.82. The van der Waals surface area contributed by atoms with Gasteiger partial charge in [0.25, 0.3) is 5.56 Å². The quantitative estimate of drug-likeness (QED) is 0.456. The monoisotopic (exact) mass is 410 g/mol. The lowest BCUT2D eigenvalue weighted by Gasteiger charge is -2.08. The van der Waals surface area contributed by atoms with E-state index < -0.39 is 0 Å². The Morgan fingerprint density at radius 3 is 2.65 bits per heavy atom. The van der Waals surface area contributed by atoms with Crippen molar-refractivity contribution in [2.75, 3.05) is 11.9 Å². The second-order valence-electron chi connectivity index (χ2n) is 6.89. The van der Waals surface area contributed by atoms with E-state index in [2.05, 4.69) is 25.6 Å². The zero-order valence-electron chi connectivity index (χ0n) is 16.5. The SMILES string of the molecule is O=c1ccc(-c2ccccc2)nn1CCNc1nncc(-c2cc3ccccc3o2)n1. The molecule has 2 aromatic carbocycles. The highest BCUT2D eigenvalue weighted by Gasteiger charge is 2.09. The fourth-order valence-electron chi connectivity index (χ4n) is 3.25. The molecule has 0 aliphatic carbocycles. The van der Waals surface area contributed by atoms with Crippen molar-refractivity contribution in [3.05, 3.63) is 89.3 Å². The van der Waals surface area contributed by atoms with Gasteiger partial charge in [-0.1, -0.05) is 48.5 Å². The van der Waals surface area contributed by atoms with Crippen LogP contribution in [0, 0.1) is 0 Å². The first-order chi connectivity index (χ1) is 15.3. The van der Waals surface area contributed by atoms with Crippen LogP contribution in [0.2, 0.25) is 0 Å². The molecule has 0 bridgehead atoms. The standard InChI is InChI=1S/C23H18N6O2/c30-22-11-10-18(16-6-2-1-3-7-16)28-29(22)13-12-24-23-26-19(15-25-27-23)21-14-17-8-4-5-9-20(17)31-21/h1-11,14-15H,12-13H2,(H,24,26,27). The van der Waals surface area contributed by atoms with E-state index in [0.29, 0.717) is 30.5 Å². The van der Waals surface area contributed by atoms with E-state index >= 15 is 0 Å². The summed E-state index contributed by atoms with van der Waals surface area (Å²) in [4.78, 5) is 16.7. The Bertz CT molecular complexity index is 1360. The van der Waals surface area contributed by atoms with Gasteiger partial charge in [0, 0.05) is 23.6 Å². The highest BCUT2D eigenvalue weighted by atomic mass is 16.3. The van der Waals surface area contributed by atoms with Crippen LogP contribution < -0.4 is 10.9 Å². The smallest absolute Gasteiger partial charge is 0.266 e. The van der Waals surface area contributed by atoms with Crippen molar-refractivity contribution in [3.8, 4) is 22.7 Å². The molecule has 0 spiro atoms. The number of hydrogen-bond acceptors (Lipinski definition) is 7. The van der Waals surface area contributed by atoms with Gasteiger partial charge in [0.05, 0.1) is 18.4 Å². The second kappa shape index (κ2) is 8.19. The van der Waals surface area contributed by atoms with Crippen molar-refractivity contribution in [2.24, 2.45) is 0 Å². The van der Waals surface area contributed by atoms with Gasteiger partial charge in [-0.15, -0.1) is 5.10 Å². The maximum absolute atomic E-state index is 12.2. The third-order valence-corrected chi connectivity index (χ3v) is 4.78. The van der Waals surface area contributed by atoms with Crippen LogP contribution in [0.4, 0.5) is 5.95 Å². The van der Waals surface area contributed by atoms with E-state index in [9.17, 15) is 4.79 Å². The number of nitrogens with zero attached hydrogens (tertiary/aromatic N) is 5. The fourth-order valence-corrected chi connectivity index (χ4v) is 3.25. The number of para-hydroxylation sites is 1. The topological polar surface area (TPSA) is 98.7 Å². The number of fused-ring (bicyclic) bond motifs is 1. The largest absolute Gasteiger partial charge is 0.454 e. The van der Waals surface area contributed by atoms with Gasteiger partial charge in [-0.05, 0) is 18.2 Å². The van der Waals surface area contributed by atoms with E-state index in [1.807, 2.05) is 60.7 Å². The van der Waals surface area contributed by atoms with Crippen molar-refractivity contribution in [1.82, 2.24) is 25.0 Å². The molecule has 3 aromatic heterocycles. The molecule has 0 saturated carbocycles. The average Bonchev–Trinajstić information content (AvgIpc) is 3.26. The second-order valence-corrected chi connectivity index (χ2v) is 6.89. The summed E-state index contributed by atoms with van der Waals surface area (Å²) in [7, 11) is 0. The maximum atomic E-state index is 12.2. The van der Waals surface area contributed by atoms with Crippen LogP contribution in [0.3, 0.4) is 0 Å². The van der Waals surface area contributed by atoms with Gasteiger partial charge < -0.3 is 9.73 Å². The molecule has 1 N–H and O–H groups in total. The van der Waals surface area contributed by atoms with Gasteiger partial charge in [0.2, 0.25) is 5.95 Å². The van der Waals surface area contributed by atoms with Crippen molar-refractivity contribution in [2.45, 2.75) is 6.54 Å². The zero-order valence-corrected chi connectivity index (χ0v) is 16.5. The summed E-state index contributed by atoms with van der Waals surface area (Å²) in [5.74, 6) is 0.970. The zero-order chi connectivity index (χ0) is 21.0. The average molecular weight is 410 g/mol.